The lowest BCUT2D eigenvalue weighted by Crippen LogP contribution is -2.39. The van der Waals surface area contributed by atoms with E-state index in [1.165, 1.54) is 12.1 Å². The number of H-pyrrole nitrogens is 1. The minimum absolute atomic E-state index is 0.168. The second kappa shape index (κ2) is 7.43. The quantitative estimate of drug-likeness (QED) is 0.797. The van der Waals surface area contributed by atoms with Crippen molar-refractivity contribution in [3.8, 4) is 0 Å². The van der Waals surface area contributed by atoms with Gasteiger partial charge >= 0.3 is 6.09 Å². The van der Waals surface area contributed by atoms with Gasteiger partial charge in [0.05, 0.1) is 11.0 Å². The molecular formula is C17H23F3N4O2. The first-order chi connectivity index (χ1) is 12.0. The van der Waals surface area contributed by atoms with Gasteiger partial charge in [-0.2, -0.15) is 0 Å². The normalized spacial score (nSPS) is 16.8. The SMILES string of the molecule is CC(C)(C)OC(N)=O.Fc1ccc2nc(N3CCC(F)(F)CC3)[nH]c2c1. The molecule has 0 bridgehead atoms. The summed E-state index contributed by atoms with van der Waals surface area (Å²) in [7, 11) is 0. The fraction of sp³-hybridized carbons (Fsp3) is 0.529. The Kier molecular flexibility index (Phi) is 5.68. The Morgan fingerprint density at radius 2 is 1.92 bits per heavy atom. The predicted octanol–water partition coefficient (Wildman–Crippen LogP) is 3.82. The monoisotopic (exact) mass is 372 g/mol. The minimum atomic E-state index is -2.57. The van der Waals surface area contributed by atoms with Crippen LogP contribution in [0.4, 0.5) is 23.9 Å². The highest BCUT2D eigenvalue weighted by molar-refractivity contribution is 5.77. The van der Waals surface area contributed by atoms with Crippen molar-refractivity contribution in [3.63, 3.8) is 0 Å². The van der Waals surface area contributed by atoms with Crippen molar-refractivity contribution in [2.24, 2.45) is 5.73 Å². The molecule has 0 saturated carbocycles. The Morgan fingerprint density at radius 1 is 1.31 bits per heavy atom. The Bertz CT molecular complexity index is 761. The van der Waals surface area contributed by atoms with Crippen LogP contribution in [0.5, 0.6) is 0 Å². The standard InChI is InChI=1S/C12H12F3N3.C5H11NO2/c13-8-1-2-9-10(7-8)17-11(16-9)18-5-3-12(14,15)4-6-18;1-5(2,3)8-4(6)7/h1-2,7H,3-6H2,(H,16,17);1-3H3,(H2,6,7). The van der Waals surface area contributed by atoms with Gasteiger partial charge in [-0.1, -0.05) is 0 Å². The van der Waals surface area contributed by atoms with E-state index in [0.717, 1.165) is 0 Å². The molecule has 3 N–H and O–H groups in total. The number of halogens is 3. The van der Waals surface area contributed by atoms with Crippen LogP contribution in [0.3, 0.4) is 0 Å². The third kappa shape index (κ3) is 5.82. The summed E-state index contributed by atoms with van der Waals surface area (Å²) < 4.78 is 43.7. The van der Waals surface area contributed by atoms with Crippen molar-refractivity contribution >= 4 is 23.1 Å². The number of hydrogen-bond acceptors (Lipinski definition) is 4. The topological polar surface area (TPSA) is 84.2 Å². The lowest BCUT2D eigenvalue weighted by Gasteiger charge is -2.31. The van der Waals surface area contributed by atoms with E-state index in [2.05, 4.69) is 14.7 Å². The minimum Gasteiger partial charge on any atom is -0.444 e. The lowest BCUT2D eigenvalue weighted by atomic mass is 10.1. The van der Waals surface area contributed by atoms with Crippen LogP contribution < -0.4 is 10.6 Å². The van der Waals surface area contributed by atoms with Crippen molar-refractivity contribution in [2.75, 3.05) is 18.0 Å². The van der Waals surface area contributed by atoms with E-state index in [1.54, 1.807) is 31.7 Å². The number of hydrogen-bond donors (Lipinski definition) is 2. The highest BCUT2D eigenvalue weighted by Gasteiger charge is 2.34. The van der Waals surface area contributed by atoms with Gasteiger partial charge in [0.15, 0.2) is 0 Å². The molecule has 0 radical (unpaired) electrons. The highest BCUT2D eigenvalue weighted by Crippen LogP contribution is 2.30. The molecule has 26 heavy (non-hydrogen) atoms. The summed E-state index contributed by atoms with van der Waals surface area (Å²) in [6, 6.07) is 4.25. The van der Waals surface area contributed by atoms with Crippen LogP contribution in [0.25, 0.3) is 11.0 Å². The van der Waals surface area contributed by atoms with Gasteiger partial charge in [-0.15, -0.1) is 0 Å². The third-order valence-electron chi connectivity index (χ3n) is 3.63. The fourth-order valence-corrected chi connectivity index (χ4v) is 2.47. The molecule has 6 nitrogen and oxygen atoms in total. The summed E-state index contributed by atoms with van der Waals surface area (Å²) in [6.07, 6.45) is -1.06. The van der Waals surface area contributed by atoms with Gasteiger partial charge in [0.1, 0.15) is 11.4 Å². The number of nitrogens with two attached hydrogens (primary N) is 1. The van der Waals surface area contributed by atoms with Crippen LogP contribution in [-0.2, 0) is 4.74 Å². The Morgan fingerprint density at radius 3 is 2.42 bits per heavy atom. The first-order valence-corrected chi connectivity index (χ1v) is 8.22. The second-order valence-electron chi connectivity index (χ2n) is 7.10. The predicted molar refractivity (Wildman–Crippen MR) is 92.9 cm³/mol. The van der Waals surface area contributed by atoms with Crippen molar-refractivity contribution in [1.29, 1.82) is 0 Å². The van der Waals surface area contributed by atoms with Gasteiger partial charge in [-0.25, -0.2) is 22.9 Å². The van der Waals surface area contributed by atoms with Gasteiger partial charge in [0.2, 0.25) is 5.95 Å². The molecule has 1 amide bonds. The maximum atomic E-state index is 13.0. The Hall–Kier alpha value is -2.45. The zero-order valence-corrected chi connectivity index (χ0v) is 15.0. The maximum absolute atomic E-state index is 13.0. The summed E-state index contributed by atoms with van der Waals surface area (Å²) in [5, 5.41) is 0. The number of amides is 1. The van der Waals surface area contributed by atoms with Crippen molar-refractivity contribution in [3.05, 3.63) is 24.0 Å². The number of benzene rings is 1. The van der Waals surface area contributed by atoms with Crippen LogP contribution in [0.15, 0.2) is 18.2 Å². The summed E-state index contributed by atoms with van der Waals surface area (Å²) in [5.41, 5.74) is 5.49. The summed E-state index contributed by atoms with van der Waals surface area (Å²) in [5.74, 6) is -2.39. The average Bonchev–Trinajstić information content (AvgIpc) is 2.88. The molecular weight excluding hydrogens is 349 g/mol. The number of nitrogens with one attached hydrogen (secondary N) is 1. The molecule has 0 atom stereocenters. The Balaban J connectivity index is 0.000000260. The number of anilines is 1. The molecule has 1 aromatic heterocycles. The molecule has 0 unspecified atom stereocenters. The van der Waals surface area contributed by atoms with E-state index >= 15 is 0 Å². The maximum Gasteiger partial charge on any atom is 0.405 e. The molecule has 1 aromatic carbocycles. The molecule has 144 valence electrons. The molecule has 9 heteroatoms. The molecule has 1 aliphatic heterocycles. The van der Waals surface area contributed by atoms with Crippen molar-refractivity contribution in [2.45, 2.75) is 45.1 Å². The first kappa shape index (κ1) is 19.9. The van der Waals surface area contributed by atoms with E-state index in [0.29, 0.717) is 17.0 Å². The second-order valence-corrected chi connectivity index (χ2v) is 7.10. The van der Waals surface area contributed by atoms with Crippen LogP contribution >= 0.6 is 0 Å². The number of aromatic nitrogens is 2. The molecule has 2 heterocycles. The van der Waals surface area contributed by atoms with E-state index in [9.17, 15) is 18.0 Å². The highest BCUT2D eigenvalue weighted by atomic mass is 19.3. The largest absolute Gasteiger partial charge is 0.444 e. The van der Waals surface area contributed by atoms with E-state index in [1.807, 2.05) is 0 Å². The van der Waals surface area contributed by atoms with Crippen molar-refractivity contribution in [1.82, 2.24) is 9.97 Å². The number of primary amides is 1. The van der Waals surface area contributed by atoms with Crippen LogP contribution in [0, 0.1) is 5.82 Å². The van der Waals surface area contributed by atoms with E-state index < -0.39 is 17.6 Å². The van der Waals surface area contributed by atoms with E-state index in [-0.39, 0.29) is 31.7 Å². The number of carbonyl (C=O) groups excluding carboxylic acids is 1. The molecule has 0 spiro atoms. The van der Waals surface area contributed by atoms with Crippen molar-refractivity contribution < 1.29 is 22.7 Å². The first-order valence-electron chi connectivity index (χ1n) is 8.22. The summed E-state index contributed by atoms with van der Waals surface area (Å²) in [6.45, 7) is 5.80. The van der Waals surface area contributed by atoms with Crippen LogP contribution in [0.2, 0.25) is 0 Å². The molecule has 0 aliphatic carbocycles. The van der Waals surface area contributed by atoms with E-state index in [4.69, 9.17) is 5.73 Å². The molecule has 1 fully saturated rings. The fourth-order valence-electron chi connectivity index (χ4n) is 2.47. The van der Waals surface area contributed by atoms with Gasteiger partial charge in [0.25, 0.3) is 5.92 Å². The lowest BCUT2D eigenvalue weighted by molar-refractivity contribution is -0.0222. The summed E-state index contributed by atoms with van der Waals surface area (Å²) >= 11 is 0. The van der Waals surface area contributed by atoms with Crippen LogP contribution in [-0.4, -0.2) is 40.7 Å². The van der Waals surface area contributed by atoms with Gasteiger partial charge in [0, 0.05) is 25.9 Å². The number of imidazole rings is 1. The number of fused-ring (bicyclic) bond motifs is 1. The number of nitrogens with zero attached hydrogens (tertiary/aromatic N) is 2. The van der Waals surface area contributed by atoms with Gasteiger partial charge in [-0.3, -0.25) is 0 Å². The molecule has 1 saturated heterocycles. The number of piperidine rings is 1. The smallest absolute Gasteiger partial charge is 0.405 e. The summed E-state index contributed by atoms with van der Waals surface area (Å²) in [4.78, 5) is 19.0. The van der Waals surface area contributed by atoms with Gasteiger partial charge in [-0.05, 0) is 39.0 Å². The number of aromatic amines is 1. The van der Waals surface area contributed by atoms with Crippen LogP contribution in [0.1, 0.15) is 33.6 Å². The zero-order valence-electron chi connectivity index (χ0n) is 15.0. The third-order valence-corrected chi connectivity index (χ3v) is 3.63. The Labute approximate surface area is 149 Å². The average molecular weight is 372 g/mol. The molecule has 3 rings (SSSR count). The van der Waals surface area contributed by atoms with Gasteiger partial charge < -0.3 is 20.4 Å². The zero-order chi connectivity index (χ0) is 19.5. The number of alkyl halides is 2. The number of rotatable bonds is 1. The number of carbonyl (C=O) groups is 1. The molecule has 2 aromatic rings. The molecule has 1 aliphatic rings. The number of ether oxygens (including phenoxy) is 1.